The lowest BCUT2D eigenvalue weighted by Gasteiger charge is -2.50. The van der Waals surface area contributed by atoms with Gasteiger partial charge in [0.2, 0.25) is 5.79 Å². The Bertz CT molecular complexity index is 1880. The summed E-state index contributed by atoms with van der Waals surface area (Å²) in [6, 6.07) is 0. The molecule has 0 amide bonds. The van der Waals surface area contributed by atoms with Crippen molar-refractivity contribution in [2.45, 2.75) is 299 Å². The van der Waals surface area contributed by atoms with Crippen LogP contribution in [0.4, 0.5) is 0 Å². The number of fused-ring (bicyclic) bond motifs is 1. The van der Waals surface area contributed by atoms with Crippen molar-refractivity contribution in [2.75, 3.05) is 6.61 Å². The smallest absolute Gasteiger partial charge is 0.335 e. The van der Waals surface area contributed by atoms with Crippen LogP contribution in [0.5, 0.6) is 0 Å². The van der Waals surface area contributed by atoms with E-state index in [1.165, 1.54) is 58.3 Å². The van der Waals surface area contributed by atoms with Crippen LogP contribution in [0.15, 0.2) is 36.0 Å². The van der Waals surface area contributed by atoms with E-state index in [1.807, 2.05) is 13.0 Å². The summed E-state index contributed by atoms with van der Waals surface area (Å²) in [6.45, 7) is 19.2. The number of hydrogen-bond acceptors (Lipinski definition) is 13. The molecule has 7 aliphatic heterocycles. The highest BCUT2D eigenvalue weighted by molar-refractivity contribution is 5.76. The average molecular weight is 1040 g/mol. The number of aliphatic carboxylic acids is 1. The van der Waals surface area contributed by atoms with Crippen LogP contribution < -0.4 is 0 Å². The number of esters is 1. The van der Waals surface area contributed by atoms with Gasteiger partial charge in [0.1, 0.15) is 18.3 Å². The maximum Gasteiger partial charge on any atom is 0.335 e. The monoisotopic (exact) mass is 1040 g/mol. The molecule has 0 radical (unpaired) electrons. The van der Waals surface area contributed by atoms with E-state index in [1.54, 1.807) is 0 Å². The molecule has 422 valence electrons. The lowest BCUT2D eigenvalue weighted by molar-refractivity contribution is -0.326. The summed E-state index contributed by atoms with van der Waals surface area (Å²) < 4.78 is 52.6. The standard InChI is InChI=1S/C60H98O14/c1-39(2)21-17-15-13-11-9-10-12-14-16-18-24-52(62)69-51-28-27-46(38-57(8,66)56(64)65)71-60(51)37-40(3)35-50(73-60)41(4)25-26-45-29-32-58(70-45)33-30-49-55(74-58)53(63)44(7)54(68-49)47(61)36-42(5)48-23-19-31-59(72-48)43(6)22-20-34-67-59/h25-26,37,39,41-43,45-51,53-55,61,63,66H,7,9-24,27-36,38H2,1-6,8H3,(H,64,65)/t41-,42+,43-,45+,46+,47+,48+,49-,50+,51-,53-,54+,55-,57-,58-,59-,60-/m1/s1. The molecule has 4 N–H and O–H groups in total. The van der Waals surface area contributed by atoms with E-state index in [0.717, 1.165) is 69.5 Å². The third-order valence-corrected chi connectivity index (χ3v) is 17.8. The minimum atomic E-state index is -2.01. The van der Waals surface area contributed by atoms with Crippen LogP contribution in [0.1, 0.15) is 215 Å². The summed E-state index contributed by atoms with van der Waals surface area (Å²) in [5.74, 6) is -3.48. The maximum atomic E-state index is 13.5. The quantitative estimate of drug-likeness (QED) is 0.0406. The highest BCUT2D eigenvalue weighted by Gasteiger charge is 2.55. The number of carboxylic acid groups (broad SMARTS) is 1. The molecule has 0 bridgehead atoms. The first-order valence-electron chi connectivity index (χ1n) is 29.5. The van der Waals surface area contributed by atoms with E-state index >= 15 is 0 Å². The van der Waals surface area contributed by atoms with Gasteiger partial charge in [0.25, 0.3) is 0 Å². The summed E-state index contributed by atoms with van der Waals surface area (Å²) >= 11 is 0. The fourth-order valence-corrected chi connectivity index (χ4v) is 13.1. The molecular weight excluding hydrogens is 945 g/mol. The second-order valence-corrected chi connectivity index (χ2v) is 24.7. The van der Waals surface area contributed by atoms with Crippen LogP contribution >= 0.6 is 0 Å². The van der Waals surface area contributed by atoms with Gasteiger partial charge in [-0.15, -0.1) is 0 Å². The van der Waals surface area contributed by atoms with Crippen molar-refractivity contribution in [3.63, 3.8) is 0 Å². The van der Waals surface area contributed by atoms with Gasteiger partial charge in [-0.2, -0.15) is 0 Å². The molecule has 7 rings (SSSR count). The Hall–Kier alpha value is -2.24. The lowest BCUT2D eigenvalue weighted by Crippen LogP contribution is -2.60. The lowest BCUT2D eigenvalue weighted by atomic mass is 9.81. The van der Waals surface area contributed by atoms with Crippen LogP contribution in [-0.4, -0.2) is 123 Å². The molecule has 0 aromatic heterocycles. The zero-order valence-corrected chi connectivity index (χ0v) is 46.5. The molecule has 0 saturated carbocycles. The molecule has 0 aromatic rings. The van der Waals surface area contributed by atoms with E-state index < -0.39 is 71.7 Å². The van der Waals surface area contributed by atoms with Crippen molar-refractivity contribution < 1.29 is 67.9 Å². The van der Waals surface area contributed by atoms with Crippen LogP contribution in [0, 0.1) is 23.7 Å². The number of carbonyl (C=O) groups excluding carboxylic acids is 1. The van der Waals surface area contributed by atoms with Gasteiger partial charge in [-0.25, -0.2) is 4.79 Å². The fraction of sp³-hybridized carbons (Fsp3) is 0.867. The zero-order chi connectivity index (χ0) is 53.3. The topological polar surface area (TPSA) is 189 Å². The zero-order valence-electron chi connectivity index (χ0n) is 46.5. The van der Waals surface area contributed by atoms with Gasteiger partial charge in [0.05, 0.1) is 43.2 Å². The number of aliphatic hydroxyl groups is 3. The van der Waals surface area contributed by atoms with Crippen molar-refractivity contribution in [1.29, 1.82) is 0 Å². The summed E-state index contributed by atoms with van der Waals surface area (Å²) in [7, 11) is 0. The molecular formula is C60H98O14. The van der Waals surface area contributed by atoms with Gasteiger partial charge in [-0.3, -0.25) is 4.79 Å². The van der Waals surface area contributed by atoms with Crippen LogP contribution in [0.2, 0.25) is 0 Å². The summed E-state index contributed by atoms with van der Waals surface area (Å²) in [5, 5.41) is 43.8. The molecule has 0 unspecified atom stereocenters. The predicted octanol–water partition coefficient (Wildman–Crippen LogP) is 11.1. The third-order valence-electron chi connectivity index (χ3n) is 17.8. The van der Waals surface area contributed by atoms with Gasteiger partial charge < -0.3 is 58.3 Å². The van der Waals surface area contributed by atoms with Crippen molar-refractivity contribution >= 4 is 11.9 Å². The van der Waals surface area contributed by atoms with Crippen LogP contribution in [-0.2, 0) is 47.5 Å². The molecule has 7 heterocycles. The predicted molar refractivity (Wildman–Crippen MR) is 282 cm³/mol. The number of carboxylic acids is 1. The number of aliphatic hydroxyl groups excluding tert-OH is 2. The Morgan fingerprint density at radius 3 is 2.27 bits per heavy atom. The molecule has 3 spiro atoms. The number of hydrogen-bond donors (Lipinski definition) is 4. The first-order chi connectivity index (χ1) is 35.2. The van der Waals surface area contributed by atoms with Gasteiger partial charge in [0, 0.05) is 43.9 Å². The molecule has 7 aliphatic rings. The Morgan fingerprint density at radius 2 is 1.57 bits per heavy atom. The minimum Gasteiger partial charge on any atom is -0.479 e. The minimum absolute atomic E-state index is 0.0363. The SMILES string of the molecule is C=C1[C@@H](O)[C@@H]2O[C@]3(CC[C@H](C=C[C@@H](C)[C@@H]4CC(C)=C[C@@]5(O[C@H](C[C@@](C)(O)C(=O)O)CC[C@H]5OC(=O)CCCCCCCCCCCCC(C)C)O4)O3)CC[C@H]2O[C@@H]1[C@@H](O)C[C@H](C)[C@@H]1CCC[C@@]2(OCCC[C@H]2C)O1. The fourth-order valence-electron chi connectivity index (χ4n) is 13.1. The maximum absolute atomic E-state index is 13.5. The first-order valence-corrected chi connectivity index (χ1v) is 29.5. The molecule has 0 aliphatic carbocycles. The van der Waals surface area contributed by atoms with Crippen molar-refractivity contribution in [1.82, 2.24) is 0 Å². The molecule has 14 heteroatoms. The highest BCUT2D eigenvalue weighted by Crippen LogP contribution is 2.48. The van der Waals surface area contributed by atoms with E-state index in [-0.39, 0.29) is 42.5 Å². The third kappa shape index (κ3) is 15.3. The van der Waals surface area contributed by atoms with Crippen LogP contribution in [0.25, 0.3) is 0 Å². The second-order valence-electron chi connectivity index (χ2n) is 24.7. The number of unbranched alkanes of at least 4 members (excludes halogenated alkanes) is 9. The summed E-state index contributed by atoms with van der Waals surface area (Å²) in [4.78, 5) is 25.4. The average Bonchev–Trinajstić information content (AvgIpc) is 3.75. The molecule has 6 fully saturated rings. The van der Waals surface area contributed by atoms with Crippen molar-refractivity contribution in [3.8, 4) is 0 Å². The van der Waals surface area contributed by atoms with E-state index in [9.17, 15) is 30.0 Å². The van der Waals surface area contributed by atoms with Gasteiger partial charge >= 0.3 is 11.9 Å². The summed E-state index contributed by atoms with van der Waals surface area (Å²) in [6.07, 6.45) is 22.8. The number of rotatable bonds is 24. The molecule has 17 atom stereocenters. The first kappa shape index (κ1) is 59.4. The molecule has 14 nitrogen and oxygen atoms in total. The van der Waals surface area contributed by atoms with Gasteiger partial charge in [-0.05, 0) is 108 Å². The number of carbonyl (C=O) groups is 2. The largest absolute Gasteiger partial charge is 0.479 e. The Kier molecular flexibility index (Phi) is 21.4. The van der Waals surface area contributed by atoms with Crippen LogP contribution in [0.3, 0.4) is 0 Å². The van der Waals surface area contributed by atoms with Gasteiger partial charge in [-0.1, -0.05) is 123 Å². The van der Waals surface area contributed by atoms with Crippen molar-refractivity contribution in [2.24, 2.45) is 23.7 Å². The Balaban J connectivity index is 0.896. The highest BCUT2D eigenvalue weighted by atomic mass is 16.7. The number of ether oxygens (including phenoxy) is 8. The molecule has 6 saturated heterocycles. The Morgan fingerprint density at radius 1 is 0.865 bits per heavy atom. The van der Waals surface area contributed by atoms with E-state index in [4.69, 9.17) is 37.9 Å². The normalized spacial score (nSPS) is 37.7. The van der Waals surface area contributed by atoms with E-state index in [0.29, 0.717) is 69.3 Å². The van der Waals surface area contributed by atoms with Gasteiger partial charge in [0.15, 0.2) is 23.3 Å². The molecule has 0 aromatic carbocycles. The summed E-state index contributed by atoms with van der Waals surface area (Å²) in [5.41, 5.74) is -0.594. The molecule has 74 heavy (non-hydrogen) atoms. The second kappa shape index (κ2) is 26.6. The van der Waals surface area contributed by atoms with E-state index in [2.05, 4.69) is 53.3 Å². The Labute approximate surface area is 444 Å². The van der Waals surface area contributed by atoms with Crippen molar-refractivity contribution in [3.05, 3.63) is 36.0 Å².